The van der Waals surface area contributed by atoms with Crippen LogP contribution < -0.4 is 0 Å². The minimum Gasteiger partial charge on any atom is -0.748 e. The highest BCUT2D eigenvalue weighted by Gasteiger charge is 1.97. The molecular formula is C12H15O4S-. The Bertz CT molecular complexity index is 448. The molecule has 0 heterocycles. The Morgan fingerprint density at radius 3 is 2.47 bits per heavy atom. The molecule has 1 aromatic rings. The van der Waals surface area contributed by atoms with Crippen LogP contribution in [0, 0.1) is 0 Å². The maximum Gasteiger partial charge on any atom is 0.0946 e. The van der Waals surface area contributed by atoms with Crippen LogP contribution in [0.3, 0.4) is 0 Å². The predicted octanol–water partition coefficient (Wildman–Crippen LogP) is 1.78. The Labute approximate surface area is 102 Å². The van der Waals surface area contributed by atoms with Crippen molar-refractivity contribution < 1.29 is 17.7 Å². The van der Waals surface area contributed by atoms with E-state index in [1.165, 1.54) is 0 Å². The lowest BCUT2D eigenvalue weighted by molar-refractivity contribution is 0.121. The van der Waals surface area contributed by atoms with Crippen LogP contribution in [0.1, 0.15) is 17.5 Å². The predicted molar refractivity (Wildman–Crippen MR) is 65.4 cm³/mol. The highest BCUT2D eigenvalue weighted by atomic mass is 32.2. The third-order valence-corrected chi connectivity index (χ3v) is 2.96. The number of hydrogen-bond acceptors (Lipinski definition) is 4. The van der Waals surface area contributed by atoms with Crippen molar-refractivity contribution in [2.24, 2.45) is 0 Å². The molecule has 0 saturated heterocycles. The van der Waals surface area contributed by atoms with Gasteiger partial charge in [0.2, 0.25) is 0 Å². The summed E-state index contributed by atoms with van der Waals surface area (Å²) < 4.78 is 36.2. The van der Waals surface area contributed by atoms with Gasteiger partial charge in [-0.2, -0.15) is 0 Å². The third-order valence-electron chi connectivity index (χ3n) is 2.17. The number of rotatable bonds is 7. The summed E-state index contributed by atoms with van der Waals surface area (Å²) in [4.78, 5) is 0. The van der Waals surface area contributed by atoms with Crippen molar-refractivity contribution in [1.82, 2.24) is 0 Å². The van der Waals surface area contributed by atoms with Gasteiger partial charge < -0.3 is 9.29 Å². The second kappa shape index (κ2) is 6.54. The molecule has 0 unspecified atom stereocenters. The summed E-state index contributed by atoms with van der Waals surface area (Å²) in [6.07, 6.45) is 1.99. The molecule has 1 aromatic carbocycles. The van der Waals surface area contributed by atoms with E-state index >= 15 is 0 Å². The van der Waals surface area contributed by atoms with Crippen molar-refractivity contribution in [2.75, 3.05) is 12.4 Å². The molecule has 1 rings (SSSR count). The molecule has 0 aliphatic rings. The van der Waals surface area contributed by atoms with Gasteiger partial charge in [-0.1, -0.05) is 36.9 Å². The molecule has 0 aliphatic heterocycles. The number of ether oxygens (including phenoxy) is 1. The summed E-state index contributed by atoms with van der Waals surface area (Å²) in [5.41, 5.74) is 2.03. The monoisotopic (exact) mass is 255 g/mol. The van der Waals surface area contributed by atoms with Crippen LogP contribution in [0.5, 0.6) is 0 Å². The van der Waals surface area contributed by atoms with E-state index in [1.807, 2.05) is 24.3 Å². The highest BCUT2D eigenvalue weighted by Crippen LogP contribution is 2.06. The van der Waals surface area contributed by atoms with E-state index < -0.39 is 10.1 Å². The molecule has 0 radical (unpaired) electrons. The van der Waals surface area contributed by atoms with Gasteiger partial charge in [-0.15, -0.1) is 0 Å². The number of hydrogen-bond donors (Lipinski definition) is 0. The summed E-state index contributed by atoms with van der Waals surface area (Å²) >= 11 is 0. The molecule has 94 valence electrons. The number of benzene rings is 1. The van der Waals surface area contributed by atoms with Gasteiger partial charge in [0, 0.05) is 12.4 Å². The first-order valence-electron chi connectivity index (χ1n) is 5.24. The molecule has 0 bridgehead atoms. The zero-order valence-electron chi connectivity index (χ0n) is 9.46. The van der Waals surface area contributed by atoms with E-state index in [2.05, 4.69) is 6.58 Å². The molecule has 17 heavy (non-hydrogen) atoms. The normalized spacial score (nSPS) is 11.4. The van der Waals surface area contributed by atoms with Crippen LogP contribution in [0.2, 0.25) is 0 Å². The molecule has 4 nitrogen and oxygen atoms in total. The van der Waals surface area contributed by atoms with Crippen LogP contribution >= 0.6 is 0 Å². The van der Waals surface area contributed by atoms with Crippen molar-refractivity contribution in [3.8, 4) is 0 Å². The second-order valence-corrected chi connectivity index (χ2v) is 5.14. The molecule has 5 heteroatoms. The average molecular weight is 255 g/mol. The van der Waals surface area contributed by atoms with Crippen molar-refractivity contribution in [3.63, 3.8) is 0 Å². The Kier molecular flexibility index (Phi) is 5.34. The van der Waals surface area contributed by atoms with Gasteiger partial charge in [-0.05, 0) is 17.5 Å². The summed E-state index contributed by atoms with van der Waals surface area (Å²) in [6, 6.07) is 7.68. The van der Waals surface area contributed by atoms with Gasteiger partial charge in [-0.25, -0.2) is 8.42 Å². The van der Waals surface area contributed by atoms with E-state index in [0.717, 1.165) is 11.1 Å². The fourth-order valence-electron chi connectivity index (χ4n) is 1.28. The zero-order valence-corrected chi connectivity index (χ0v) is 10.3. The van der Waals surface area contributed by atoms with Crippen molar-refractivity contribution >= 4 is 16.2 Å². The van der Waals surface area contributed by atoms with Crippen molar-refractivity contribution in [3.05, 3.63) is 42.0 Å². The molecule has 0 aliphatic carbocycles. The van der Waals surface area contributed by atoms with Gasteiger partial charge in [0.25, 0.3) is 0 Å². The Morgan fingerprint density at radius 2 is 1.94 bits per heavy atom. The van der Waals surface area contributed by atoms with Crippen LogP contribution in [0.15, 0.2) is 30.8 Å². The smallest absolute Gasteiger partial charge is 0.0946 e. The molecular weight excluding hydrogens is 240 g/mol. The summed E-state index contributed by atoms with van der Waals surface area (Å²) in [7, 11) is -4.12. The lowest BCUT2D eigenvalue weighted by Crippen LogP contribution is -2.07. The van der Waals surface area contributed by atoms with Gasteiger partial charge in [0.1, 0.15) is 0 Å². The fourth-order valence-corrected chi connectivity index (χ4v) is 1.75. The standard InChI is InChI=1S/C12H16O4S/c1-2-11-4-6-12(7-5-11)10-16-8-3-9-17(13,14)15/h2,4-7H,1,3,8-10H2,(H,13,14,15)/p-1. The fraction of sp³-hybridized carbons (Fsp3) is 0.333. The Balaban J connectivity index is 2.24. The largest absolute Gasteiger partial charge is 0.748 e. The van der Waals surface area contributed by atoms with E-state index in [4.69, 9.17) is 4.74 Å². The van der Waals surface area contributed by atoms with Crippen molar-refractivity contribution in [2.45, 2.75) is 13.0 Å². The van der Waals surface area contributed by atoms with Gasteiger partial charge in [0.15, 0.2) is 0 Å². The molecule has 0 atom stereocenters. The summed E-state index contributed by atoms with van der Waals surface area (Å²) in [5.74, 6) is -0.373. The third kappa shape index (κ3) is 6.21. The SMILES string of the molecule is C=Cc1ccc(COCCCS(=O)(=O)[O-])cc1. The molecule has 0 aromatic heterocycles. The minimum absolute atomic E-state index is 0.233. The zero-order chi connectivity index (χ0) is 12.7. The maximum absolute atomic E-state index is 10.3. The maximum atomic E-state index is 10.3. The summed E-state index contributed by atoms with van der Waals surface area (Å²) in [6.45, 7) is 4.33. The van der Waals surface area contributed by atoms with Gasteiger partial charge in [0.05, 0.1) is 16.7 Å². The molecule has 0 saturated carbocycles. The van der Waals surface area contributed by atoms with E-state index in [0.29, 0.717) is 6.61 Å². The minimum atomic E-state index is -4.12. The van der Waals surface area contributed by atoms with Crippen LogP contribution in [0.4, 0.5) is 0 Å². The van der Waals surface area contributed by atoms with Crippen molar-refractivity contribution in [1.29, 1.82) is 0 Å². The molecule has 0 amide bonds. The van der Waals surface area contributed by atoms with Gasteiger partial charge in [-0.3, -0.25) is 0 Å². The topological polar surface area (TPSA) is 66.4 Å². The average Bonchev–Trinajstić information content (AvgIpc) is 2.28. The van der Waals surface area contributed by atoms with E-state index in [1.54, 1.807) is 6.08 Å². The molecule has 0 N–H and O–H groups in total. The van der Waals surface area contributed by atoms with E-state index in [-0.39, 0.29) is 18.8 Å². The van der Waals surface area contributed by atoms with Gasteiger partial charge >= 0.3 is 0 Å². The van der Waals surface area contributed by atoms with Crippen LogP contribution in [-0.2, 0) is 21.5 Å². The second-order valence-electron chi connectivity index (χ2n) is 3.61. The Hall–Kier alpha value is -1.17. The quantitative estimate of drug-likeness (QED) is 0.550. The first-order valence-corrected chi connectivity index (χ1v) is 6.82. The Morgan fingerprint density at radius 1 is 1.29 bits per heavy atom. The first-order chi connectivity index (χ1) is 8.01. The first kappa shape index (κ1) is 13.9. The van der Waals surface area contributed by atoms with Crippen LogP contribution in [0.25, 0.3) is 6.08 Å². The van der Waals surface area contributed by atoms with E-state index in [9.17, 15) is 13.0 Å². The molecule has 0 fully saturated rings. The highest BCUT2D eigenvalue weighted by molar-refractivity contribution is 7.85. The summed E-state index contributed by atoms with van der Waals surface area (Å²) in [5, 5.41) is 0. The molecule has 0 spiro atoms. The lowest BCUT2D eigenvalue weighted by atomic mass is 10.1. The lowest BCUT2D eigenvalue weighted by Gasteiger charge is -2.07. The van der Waals surface area contributed by atoms with Crippen LogP contribution in [-0.4, -0.2) is 25.3 Å².